The zero-order valence-corrected chi connectivity index (χ0v) is 12.0. The number of nitrogens with zero attached hydrogens (tertiary/aromatic N) is 1. The highest BCUT2D eigenvalue weighted by molar-refractivity contribution is 9.10. The van der Waals surface area contributed by atoms with Gasteiger partial charge in [-0.2, -0.15) is 0 Å². The molecule has 1 atom stereocenters. The second-order valence-electron chi connectivity index (χ2n) is 4.24. The highest BCUT2D eigenvalue weighted by Gasteiger charge is 2.31. The zero-order chi connectivity index (χ0) is 13.6. The van der Waals surface area contributed by atoms with Crippen LogP contribution in [0.4, 0.5) is 15.3 Å². The van der Waals surface area contributed by atoms with Gasteiger partial charge in [0.1, 0.15) is 11.6 Å². The van der Waals surface area contributed by atoms with Crippen molar-refractivity contribution in [2.75, 3.05) is 11.1 Å². The topological polar surface area (TPSA) is 68.0 Å². The first kappa shape index (κ1) is 12.6. The van der Waals surface area contributed by atoms with Crippen molar-refractivity contribution in [1.82, 2.24) is 4.98 Å². The Kier molecular flexibility index (Phi) is 3.02. The Morgan fingerprint density at radius 3 is 3.11 bits per heavy atom. The molecule has 3 rings (SSSR count). The minimum Gasteiger partial charge on any atom is -0.375 e. The van der Waals surface area contributed by atoms with Crippen LogP contribution >= 0.6 is 27.3 Å². The Morgan fingerprint density at radius 2 is 2.32 bits per heavy atom. The maximum Gasteiger partial charge on any atom is 0.226 e. The number of hydrogen-bond acceptors (Lipinski definition) is 4. The second-order valence-corrected chi connectivity index (χ2v) is 6.21. The molecular formula is C12H9BrFN3OS. The van der Waals surface area contributed by atoms with Gasteiger partial charge >= 0.3 is 0 Å². The molecule has 7 heteroatoms. The van der Waals surface area contributed by atoms with Crippen LogP contribution in [0.2, 0.25) is 0 Å². The third-order valence-corrected chi connectivity index (χ3v) is 4.46. The summed E-state index contributed by atoms with van der Waals surface area (Å²) in [6, 6.07) is 4.71. The van der Waals surface area contributed by atoms with Gasteiger partial charge in [-0.1, -0.05) is 27.3 Å². The molecule has 0 bridgehead atoms. The van der Waals surface area contributed by atoms with E-state index in [1.165, 1.54) is 17.4 Å². The Morgan fingerprint density at radius 1 is 1.53 bits per heavy atom. The smallest absolute Gasteiger partial charge is 0.226 e. The molecule has 0 spiro atoms. The molecule has 1 aromatic heterocycles. The van der Waals surface area contributed by atoms with Crippen molar-refractivity contribution in [3.05, 3.63) is 38.9 Å². The van der Waals surface area contributed by atoms with Crippen molar-refractivity contribution in [2.24, 2.45) is 0 Å². The second kappa shape index (κ2) is 4.57. The first-order chi connectivity index (χ1) is 9.04. The van der Waals surface area contributed by atoms with Gasteiger partial charge in [0, 0.05) is 16.8 Å². The summed E-state index contributed by atoms with van der Waals surface area (Å²) in [4.78, 5) is 16.6. The van der Waals surface area contributed by atoms with Crippen LogP contribution in [0.15, 0.2) is 22.7 Å². The standard InChI is InChI=1S/C12H9BrFN3OS/c13-5-1-2-8(14)6(3-5)7-4-9(18)16-11-10(7)19-12(15)17-11/h1-3,7H,4H2,(H2,15,17)(H,16,18). The molecule has 0 saturated heterocycles. The predicted molar refractivity (Wildman–Crippen MR) is 75.7 cm³/mol. The molecule has 19 heavy (non-hydrogen) atoms. The Balaban J connectivity index is 2.14. The van der Waals surface area contributed by atoms with Gasteiger partial charge in [-0.15, -0.1) is 0 Å². The van der Waals surface area contributed by atoms with Crippen LogP contribution in [-0.2, 0) is 4.79 Å². The van der Waals surface area contributed by atoms with Crippen molar-refractivity contribution in [3.63, 3.8) is 0 Å². The Hall–Kier alpha value is -1.47. The zero-order valence-electron chi connectivity index (χ0n) is 9.61. The average molecular weight is 342 g/mol. The molecule has 1 amide bonds. The third kappa shape index (κ3) is 2.23. The van der Waals surface area contributed by atoms with Crippen LogP contribution in [0.25, 0.3) is 0 Å². The fourth-order valence-electron chi connectivity index (χ4n) is 2.17. The van der Waals surface area contributed by atoms with Crippen molar-refractivity contribution in [1.29, 1.82) is 0 Å². The largest absolute Gasteiger partial charge is 0.375 e. The van der Waals surface area contributed by atoms with Gasteiger partial charge in [-0.3, -0.25) is 4.79 Å². The summed E-state index contributed by atoms with van der Waals surface area (Å²) in [5.41, 5.74) is 6.15. The quantitative estimate of drug-likeness (QED) is 0.837. The average Bonchev–Trinajstić information content (AvgIpc) is 2.71. The number of halogens is 2. The first-order valence-corrected chi connectivity index (χ1v) is 7.16. The van der Waals surface area contributed by atoms with E-state index in [-0.39, 0.29) is 24.1 Å². The number of nitrogens with two attached hydrogens (primary N) is 1. The lowest BCUT2D eigenvalue weighted by atomic mass is 9.91. The van der Waals surface area contributed by atoms with E-state index in [4.69, 9.17) is 5.73 Å². The number of benzene rings is 1. The molecular weight excluding hydrogens is 333 g/mol. The normalized spacial score (nSPS) is 18.0. The molecule has 1 aliphatic heterocycles. The van der Waals surface area contributed by atoms with E-state index in [0.717, 1.165) is 9.35 Å². The summed E-state index contributed by atoms with van der Waals surface area (Å²) in [6.45, 7) is 0. The maximum absolute atomic E-state index is 14.0. The van der Waals surface area contributed by atoms with Crippen LogP contribution < -0.4 is 11.1 Å². The molecule has 1 aromatic carbocycles. The van der Waals surface area contributed by atoms with Crippen LogP contribution in [0.3, 0.4) is 0 Å². The van der Waals surface area contributed by atoms with Crippen molar-refractivity contribution >= 4 is 44.1 Å². The van der Waals surface area contributed by atoms with Gasteiger partial charge in [0.05, 0.1) is 4.88 Å². The summed E-state index contributed by atoms with van der Waals surface area (Å²) < 4.78 is 14.8. The van der Waals surface area contributed by atoms with Crippen LogP contribution in [0.1, 0.15) is 22.8 Å². The number of anilines is 2. The van der Waals surface area contributed by atoms with Crippen LogP contribution in [0, 0.1) is 5.82 Å². The van der Waals surface area contributed by atoms with Crippen molar-refractivity contribution < 1.29 is 9.18 Å². The van der Waals surface area contributed by atoms with E-state index in [1.54, 1.807) is 12.1 Å². The summed E-state index contributed by atoms with van der Waals surface area (Å²) in [7, 11) is 0. The molecule has 2 aromatic rings. The lowest BCUT2D eigenvalue weighted by molar-refractivity contribution is -0.116. The van der Waals surface area contributed by atoms with Gasteiger partial charge in [-0.05, 0) is 23.8 Å². The highest BCUT2D eigenvalue weighted by Crippen LogP contribution is 2.42. The van der Waals surface area contributed by atoms with Gasteiger partial charge in [0.2, 0.25) is 5.91 Å². The SMILES string of the molecule is Nc1nc2c(s1)C(c1cc(Br)ccc1F)CC(=O)N2. The maximum atomic E-state index is 14.0. The molecule has 4 nitrogen and oxygen atoms in total. The van der Waals surface area contributed by atoms with E-state index in [2.05, 4.69) is 26.2 Å². The molecule has 3 N–H and O–H groups in total. The fraction of sp³-hybridized carbons (Fsp3) is 0.167. The van der Waals surface area contributed by atoms with Crippen LogP contribution in [0.5, 0.6) is 0 Å². The minimum atomic E-state index is -0.337. The number of rotatable bonds is 1. The van der Waals surface area contributed by atoms with E-state index in [1.807, 2.05) is 0 Å². The number of amides is 1. The predicted octanol–water partition coefficient (Wildman–Crippen LogP) is 3.10. The number of aromatic nitrogens is 1. The van der Waals surface area contributed by atoms with E-state index in [0.29, 0.717) is 16.5 Å². The van der Waals surface area contributed by atoms with E-state index in [9.17, 15) is 9.18 Å². The Labute approximate surface area is 121 Å². The minimum absolute atomic E-state index is 0.179. The fourth-order valence-corrected chi connectivity index (χ4v) is 3.46. The molecule has 0 radical (unpaired) electrons. The van der Waals surface area contributed by atoms with Crippen molar-refractivity contribution in [2.45, 2.75) is 12.3 Å². The third-order valence-electron chi connectivity index (χ3n) is 2.97. The van der Waals surface area contributed by atoms with Crippen LogP contribution in [-0.4, -0.2) is 10.9 Å². The van der Waals surface area contributed by atoms with Gasteiger partial charge in [-0.25, -0.2) is 9.37 Å². The lowest BCUT2D eigenvalue weighted by Gasteiger charge is -2.22. The van der Waals surface area contributed by atoms with E-state index >= 15 is 0 Å². The number of carbonyl (C=O) groups is 1. The molecule has 0 saturated carbocycles. The highest BCUT2D eigenvalue weighted by atomic mass is 79.9. The number of nitrogens with one attached hydrogen (secondary N) is 1. The molecule has 98 valence electrons. The molecule has 0 aliphatic carbocycles. The van der Waals surface area contributed by atoms with Crippen molar-refractivity contribution in [3.8, 4) is 0 Å². The summed E-state index contributed by atoms with van der Waals surface area (Å²) in [6.07, 6.45) is 0.196. The number of nitrogen functional groups attached to an aromatic ring is 1. The van der Waals surface area contributed by atoms with Gasteiger partial charge in [0.25, 0.3) is 0 Å². The molecule has 1 aliphatic rings. The number of carbonyl (C=O) groups excluding carboxylic acids is 1. The molecule has 2 heterocycles. The van der Waals surface area contributed by atoms with Gasteiger partial charge < -0.3 is 11.1 Å². The monoisotopic (exact) mass is 341 g/mol. The lowest BCUT2D eigenvalue weighted by Crippen LogP contribution is -2.23. The first-order valence-electron chi connectivity index (χ1n) is 5.55. The summed E-state index contributed by atoms with van der Waals surface area (Å²) in [5, 5.41) is 3.03. The number of hydrogen-bond donors (Lipinski definition) is 2. The Bertz CT molecular complexity index is 673. The van der Waals surface area contributed by atoms with E-state index < -0.39 is 0 Å². The van der Waals surface area contributed by atoms with Gasteiger partial charge in [0.15, 0.2) is 5.13 Å². The number of thiazole rings is 1. The summed E-state index contributed by atoms with van der Waals surface area (Å²) in [5.74, 6) is -0.401. The molecule has 0 fully saturated rings. The number of fused-ring (bicyclic) bond motifs is 1. The summed E-state index contributed by atoms with van der Waals surface area (Å²) >= 11 is 4.60. The molecule has 1 unspecified atom stereocenters.